The molecule has 32 heavy (non-hydrogen) atoms. The van der Waals surface area contributed by atoms with Crippen LogP contribution in [0.5, 0.6) is 23.0 Å². The second-order valence-electron chi connectivity index (χ2n) is 6.55. The van der Waals surface area contributed by atoms with Crippen molar-refractivity contribution in [1.29, 1.82) is 0 Å². The van der Waals surface area contributed by atoms with Crippen LogP contribution in [0.1, 0.15) is 12.5 Å². The molecule has 1 aliphatic rings. The number of thiocarbonyl (C=S) groups is 1. The summed E-state index contributed by atoms with van der Waals surface area (Å²) >= 11 is 6.39. The number of nitrogens with zero attached hydrogens (tertiary/aromatic N) is 1. The molecule has 10 heteroatoms. The Morgan fingerprint density at radius 3 is 2.38 bits per heavy atom. The molecule has 2 aromatic rings. The van der Waals surface area contributed by atoms with Crippen LogP contribution >= 0.6 is 24.0 Å². The van der Waals surface area contributed by atoms with Crippen LogP contribution in [0.3, 0.4) is 0 Å². The van der Waals surface area contributed by atoms with Gasteiger partial charge in [-0.3, -0.25) is 14.5 Å². The number of carbonyl (C=O) groups is 2. The Morgan fingerprint density at radius 1 is 1.19 bits per heavy atom. The number of thioether (sulfide) groups is 1. The first kappa shape index (κ1) is 23.4. The van der Waals surface area contributed by atoms with Crippen LogP contribution in [0.25, 0.3) is 6.08 Å². The van der Waals surface area contributed by atoms with Crippen molar-refractivity contribution in [3.05, 3.63) is 46.9 Å². The zero-order chi connectivity index (χ0) is 23.3. The van der Waals surface area contributed by atoms with Gasteiger partial charge in [0.1, 0.15) is 16.6 Å². The van der Waals surface area contributed by atoms with E-state index in [0.717, 1.165) is 11.8 Å². The first-order chi connectivity index (χ1) is 15.4. The Balaban J connectivity index is 1.71. The predicted molar refractivity (Wildman–Crippen MR) is 127 cm³/mol. The standard InChI is InChI=1S/C22H22N2O6S2/c1-4-30-15-7-5-14(6-8-15)23-19(25)12-24-21(27)18(32-22(24)31)11-13-9-16(28-2)20(26)17(10-13)29-3/h5-11,26H,4,12H2,1-3H3,(H,23,25)/b18-11-. The third kappa shape index (κ3) is 5.32. The molecule has 0 aliphatic carbocycles. The second kappa shape index (κ2) is 10.4. The zero-order valence-corrected chi connectivity index (χ0v) is 19.3. The third-order valence-corrected chi connectivity index (χ3v) is 5.80. The molecular weight excluding hydrogens is 452 g/mol. The highest BCUT2D eigenvalue weighted by molar-refractivity contribution is 8.26. The number of phenols is 1. The number of anilines is 1. The molecular formula is C22H22N2O6S2. The van der Waals surface area contributed by atoms with Crippen molar-refractivity contribution in [1.82, 2.24) is 4.90 Å². The molecule has 0 aromatic heterocycles. The molecule has 1 saturated heterocycles. The SMILES string of the molecule is CCOc1ccc(NC(=O)CN2C(=O)/C(=C/c3cc(OC)c(O)c(OC)c3)SC2=S)cc1. The van der Waals surface area contributed by atoms with E-state index >= 15 is 0 Å². The maximum atomic E-state index is 12.8. The van der Waals surface area contributed by atoms with Crippen molar-refractivity contribution >= 4 is 51.9 Å². The number of methoxy groups -OCH3 is 2. The number of aromatic hydroxyl groups is 1. The fourth-order valence-corrected chi connectivity index (χ4v) is 4.19. The predicted octanol–water partition coefficient (Wildman–Crippen LogP) is 3.65. The van der Waals surface area contributed by atoms with Gasteiger partial charge in [0.2, 0.25) is 11.7 Å². The quantitative estimate of drug-likeness (QED) is 0.442. The van der Waals surface area contributed by atoms with Gasteiger partial charge >= 0.3 is 0 Å². The van der Waals surface area contributed by atoms with Crippen LogP contribution < -0.4 is 19.5 Å². The van der Waals surface area contributed by atoms with Gasteiger partial charge < -0.3 is 24.6 Å². The fourth-order valence-electron chi connectivity index (χ4n) is 2.93. The van der Waals surface area contributed by atoms with Gasteiger partial charge in [0, 0.05) is 5.69 Å². The molecule has 2 aromatic carbocycles. The van der Waals surface area contributed by atoms with E-state index in [1.807, 2.05) is 6.92 Å². The molecule has 0 unspecified atom stereocenters. The molecule has 2 N–H and O–H groups in total. The van der Waals surface area contributed by atoms with Crippen molar-refractivity contribution in [2.75, 3.05) is 32.7 Å². The number of ether oxygens (including phenoxy) is 3. The molecule has 0 saturated carbocycles. The second-order valence-corrected chi connectivity index (χ2v) is 8.22. The number of carbonyl (C=O) groups excluding carboxylic acids is 2. The number of hydrogen-bond donors (Lipinski definition) is 2. The van der Waals surface area contributed by atoms with Gasteiger partial charge in [0.05, 0.1) is 25.7 Å². The molecule has 2 amide bonds. The zero-order valence-electron chi connectivity index (χ0n) is 17.7. The lowest BCUT2D eigenvalue weighted by atomic mass is 10.1. The lowest BCUT2D eigenvalue weighted by Gasteiger charge is -2.14. The van der Waals surface area contributed by atoms with E-state index in [2.05, 4.69) is 5.32 Å². The van der Waals surface area contributed by atoms with Crippen LogP contribution in [-0.2, 0) is 9.59 Å². The number of hydrogen-bond acceptors (Lipinski definition) is 8. The largest absolute Gasteiger partial charge is 0.502 e. The van der Waals surface area contributed by atoms with Gasteiger partial charge in [0.25, 0.3) is 5.91 Å². The summed E-state index contributed by atoms with van der Waals surface area (Å²) in [7, 11) is 2.83. The minimum atomic E-state index is -0.382. The van der Waals surface area contributed by atoms with Crippen LogP contribution in [0.2, 0.25) is 0 Å². The summed E-state index contributed by atoms with van der Waals surface area (Å²) in [6.07, 6.45) is 1.61. The number of benzene rings is 2. The van der Waals surface area contributed by atoms with E-state index < -0.39 is 0 Å². The van der Waals surface area contributed by atoms with Crippen molar-refractivity contribution in [2.45, 2.75) is 6.92 Å². The van der Waals surface area contributed by atoms with Gasteiger partial charge in [0.15, 0.2) is 11.5 Å². The highest BCUT2D eigenvalue weighted by atomic mass is 32.2. The molecule has 0 atom stereocenters. The van der Waals surface area contributed by atoms with E-state index in [9.17, 15) is 14.7 Å². The molecule has 1 fully saturated rings. The van der Waals surface area contributed by atoms with Gasteiger partial charge in [-0.2, -0.15) is 0 Å². The Hall–Kier alpha value is -3.24. The van der Waals surface area contributed by atoms with E-state index in [1.165, 1.54) is 19.1 Å². The summed E-state index contributed by atoms with van der Waals surface area (Å²) in [4.78, 5) is 26.9. The molecule has 168 valence electrons. The van der Waals surface area contributed by atoms with E-state index in [4.69, 9.17) is 26.4 Å². The highest BCUT2D eigenvalue weighted by Gasteiger charge is 2.33. The Bertz CT molecular complexity index is 1040. The first-order valence-electron chi connectivity index (χ1n) is 9.59. The summed E-state index contributed by atoms with van der Waals surface area (Å²) in [6.45, 7) is 2.23. The van der Waals surface area contributed by atoms with Crippen LogP contribution in [0.4, 0.5) is 5.69 Å². The van der Waals surface area contributed by atoms with Crippen LogP contribution in [0, 0.1) is 0 Å². The summed E-state index contributed by atoms with van der Waals surface area (Å²) in [5.41, 5.74) is 1.17. The lowest BCUT2D eigenvalue weighted by Crippen LogP contribution is -2.36. The fraction of sp³-hybridized carbons (Fsp3) is 0.227. The number of phenolic OH excluding ortho intramolecular Hbond substituents is 1. The number of amides is 2. The highest BCUT2D eigenvalue weighted by Crippen LogP contribution is 2.39. The van der Waals surface area contributed by atoms with Gasteiger partial charge in [-0.15, -0.1) is 0 Å². The first-order valence-corrected chi connectivity index (χ1v) is 10.8. The molecule has 3 rings (SSSR count). The maximum absolute atomic E-state index is 12.8. The molecule has 1 aliphatic heterocycles. The van der Waals surface area contributed by atoms with Crippen molar-refractivity contribution in [2.24, 2.45) is 0 Å². The average Bonchev–Trinajstić information content (AvgIpc) is 3.03. The van der Waals surface area contributed by atoms with E-state index in [1.54, 1.807) is 42.5 Å². The smallest absolute Gasteiger partial charge is 0.266 e. The Morgan fingerprint density at radius 2 is 1.81 bits per heavy atom. The maximum Gasteiger partial charge on any atom is 0.266 e. The molecule has 8 nitrogen and oxygen atoms in total. The van der Waals surface area contributed by atoms with Crippen molar-refractivity contribution in [3.63, 3.8) is 0 Å². The minimum absolute atomic E-state index is 0.134. The number of nitrogens with one attached hydrogen (secondary N) is 1. The van der Waals surface area contributed by atoms with Crippen molar-refractivity contribution < 1.29 is 28.9 Å². The number of rotatable bonds is 8. The third-order valence-electron chi connectivity index (χ3n) is 4.42. The summed E-state index contributed by atoms with van der Waals surface area (Å²) in [6, 6.07) is 10.1. The summed E-state index contributed by atoms with van der Waals surface area (Å²) in [5.74, 6) is 0.231. The van der Waals surface area contributed by atoms with Crippen LogP contribution in [0.15, 0.2) is 41.3 Å². The lowest BCUT2D eigenvalue weighted by molar-refractivity contribution is -0.126. The van der Waals surface area contributed by atoms with E-state index in [-0.39, 0.29) is 39.9 Å². The van der Waals surface area contributed by atoms with Crippen LogP contribution in [-0.4, -0.2) is 53.5 Å². The monoisotopic (exact) mass is 474 g/mol. The van der Waals surface area contributed by atoms with Gasteiger partial charge in [-0.1, -0.05) is 24.0 Å². The normalized spacial score (nSPS) is 14.6. The van der Waals surface area contributed by atoms with E-state index in [0.29, 0.717) is 28.5 Å². The van der Waals surface area contributed by atoms with Gasteiger partial charge in [-0.25, -0.2) is 0 Å². The molecule has 0 bridgehead atoms. The minimum Gasteiger partial charge on any atom is -0.502 e. The van der Waals surface area contributed by atoms with Crippen molar-refractivity contribution in [3.8, 4) is 23.0 Å². The molecule has 0 radical (unpaired) electrons. The summed E-state index contributed by atoms with van der Waals surface area (Å²) < 4.78 is 15.9. The Labute approximate surface area is 195 Å². The Kier molecular flexibility index (Phi) is 7.60. The average molecular weight is 475 g/mol. The molecule has 0 spiro atoms. The topological polar surface area (TPSA) is 97.3 Å². The molecule has 1 heterocycles. The summed E-state index contributed by atoms with van der Waals surface area (Å²) in [5, 5.41) is 12.8. The van der Waals surface area contributed by atoms with Gasteiger partial charge in [-0.05, 0) is 55.0 Å².